The molecule has 0 aromatic heterocycles. The van der Waals surface area contributed by atoms with Gasteiger partial charge in [0.25, 0.3) is 0 Å². The van der Waals surface area contributed by atoms with Crippen LogP contribution in [0.1, 0.15) is 11.1 Å². The van der Waals surface area contributed by atoms with Gasteiger partial charge in [0.2, 0.25) is 0 Å². The predicted molar refractivity (Wildman–Crippen MR) is 78.0 cm³/mol. The first-order valence-corrected chi connectivity index (χ1v) is 6.45. The fourth-order valence-corrected chi connectivity index (χ4v) is 2.02. The highest BCUT2D eigenvalue weighted by Crippen LogP contribution is 2.33. The number of hydrogen-bond acceptors (Lipinski definition) is 3. The molecular weight excluding hydrogens is 276 g/mol. The van der Waals surface area contributed by atoms with Gasteiger partial charge < -0.3 is 14.8 Å². The van der Waals surface area contributed by atoms with Crippen molar-refractivity contribution in [3.63, 3.8) is 0 Å². The van der Waals surface area contributed by atoms with Gasteiger partial charge in [0.05, 0.1) is 14.2 Å². The number of aryl methyl sites for hydroxylation is 1. The summed E-state index contributed by atoms with van der Waals surface area (Å²) in [6.45, 7) is 2.31. The van der Waals surface area contributed by atoms with E-state index < -0.39 is 11.6 Å². The molecule has 2 aromatic carbocycles. The number of hydrogen-bond donors (Lipinski definition) is 1. The van der Waals surface area contributed by atoms with Crippen LogP contribution in [0.15, 0.2) is 30.3 Å². The summed E-state index contributed by atoms with van der Waals surface area (Å²) in [6.07, 6.45) is 0. The Hall–Kier alpha value is -2.30. The standard InChI is InChI=1S/C16H17F2NO2/c1-10-6-15(20-2)16(21-3)8-14(10)19-9-11-4-5-12(17)13(18)7-11/h4-8,19H,9H2,1-3H3. The second-order valence-corrected chi connectivity index (χ2v) is 4.62. The summed E-state index contributed by atoms with van der Waals surface area (Å²) < 4.78 is 36.5. The number of anilines is 1. The molecule has 0 aliphatic carbocycles. The number of benzene rings is 2. The smallest absolute Gasteiger partial charge is 0.162 e. The van der Waals surface area contributed by atoms with Crippen molar-refractivity contribution in [2.45, 2.75) is 13.5 Å². The Morgan fingerprint density at radius 2 is 1.62 bits per heavy atom. The van der Waals surface area contributed by atoms with Crippen molar-refractivity contribution in [2.24, 2.45) is 0 Å². The Morgan fingerprint density at radius 3 is 2.24 bits per heavy atom. The quantitative estimate of drug-likeness (QED) is 0.907. The van der Waals surface area contributed by atoms with Crippen LogP contribution in [0, 0.1) is 18.6 Å². The molecule has 0 bridgehead atoms. The summed E-state index contributed by atoms with van der Waals surface area (Å²) >= 11 is 0. The summed E-state index contributed by atoms with van der Waals surface area (Å²) in [5.74, 6) is -0.441. The molecule has 0 amide bonds. The van der Waals surface area contributed by atoms with Crippen molar-refractivity contribution in [1.82, 2.24) is 0 Å². The maximum atomic E-state index is 13.2. The summed E-state index contributed by atoms with van der Waals surface area (Å²) in [5, 5.41) is 3.18. The van der Waals surface area contributed by atoms with Gasteiger partial charge >= 0.3 is 0 Å². The molecule has 0 heterocycles. The zero-order valence-corrected chi connectivity index (χ0v) is 12.2. The van der Waals surface area contributed by atoms with Gasteiger partial charge in [-0.3, -0.25) is 0 Å². The van der Waals surface area contributed by atoms with E-state index in [1.54, 1.807) is 20.3 Å². The molecule has 0 fully saturated rings. The predicted octanol–water partition coefficient (Wildman–Crippen LogP) is 3.90. The van der Waals surface area contributed by atoms with Crippen LogP contribution in [0.25, 0.3) is 0 Å². The Balaban J connectivity index is 2.17. The van der Waals surface area contributed by atoms with Gasteiger partial charge in [0.1, 0.15) is 0 Å². The third kappa shape index (κ3) is 3.42. The molecule has 112 valence electrons. The van der Waals surface area contributed by atoms with Crippen molar-refractivity contribution in [3.05, 3.63) is 53.1 Å². The van der Waals surface area contributed by atoms with Gasteiger partial charge in [-0.05, 0) is 36.2 Å². The van der Waals surface area contributed by atoms with Crippen LogP contribution in [-0.4, -0.2) is 14.2 Å². The van der Waals surface area contributed by atoms with Gasteiger partial charge in [0, 0.05) is 18.3 Å². The van der Waals surface area contributed by atoms with E-state index in [4.69, 9.17) is 9.47 Å². The van der Waals surface area contributed by atoms with Gasteiger partial charge in [-0.15, -0.1) is 0 Å². The number of nitrogens with one attached hydrogen (secondary N) is 1. The number of halogens is 2. The highest BCUT2D eigenvalue weighted by molar-refractivity contribution is 5.60. The first kappa shape index (κ1) is 15.1. The van der Waals surface area contributed by atoms with Crippen LogP contribution < -0.4 is 14.8 Å². The first-order chi connectivity index (χ1) is 10.0. The Morgan fingerprint density at radius 1 is 0.952 bits per heavy atom. The Labute approximate surface area is 122 Å². The van der Waals surface area contributed by atoms with E-state index in [0.717, 1.165) is 17.3 Å². The van der Waals surface area contributed by atoms with Crippen molar-refractivity contribution < 1.29 is 18.3 Å². The minimum Gasteiger partial charge on any atom is -0.493 e. The monoisotopic (exact) mass is 293 g/mol. The van der Waals surface area contributed by atoms with E-state index in [0.29, 0.717) is 23.6 Å². The number of methoxy groups -OCH3 is 2. The van der Waals surface area contributed by atoms with Crippen LogP contribution in [0.2, 0.25) is 0 Å². The van der Waals surface area contributed by atoms with E-state index in [-0.39, 0.29) is 0 Å². The SMILES string of the molecule is COc1cc(C)c(NCc2ccc(F)c(F)c2)cc1OC. The molecular formula is C16H17F2NO2. The van der Waals surface area contributed by atoms with Crippen molar-refractivity contribution in [1.29, 1.82) is 0 Å². The molecule has 0 unspecified atom stereocenters. The lowest BCUT2D eigenvalue weighted by Gasteiger charge is -2.14. The van der Waals surface area contributed by atoms with Crippen molar-refractivity contribution in [3.8, 4) is 11.5 Å². The molecule has 0 saturated carbocycles. The Bertz CT molecular complexity index is 644. The van der Waals surface area contributed by atoms with Gasteiger partial charge in [-0.1, -0.05) is 6.07 Å². The summed E-state index contributed by atoms with van der Waals surface area (Å²) in [7, 11) is 3.14. The maximum absolute atomic E-state index is 13.2. The van der Waals surface area contributed by atoms with Crippen molar-refractivity contribution in [2.75, 3.05) is 19.5 Å². The fourth-order valence-electron chi connectivity index (χ4n) is 2.02. The van der Waals surface area contributed by atoms with E-state index in [2.05, 4.69) is 5.32 Å². The van der Waals surface area contributed by atoms with Crippen LogP contribution in [0.5, 0.6) is 11.5 Å². The molecule has 21 heavy (non-hydrogen) atoms. The lowest BCUT2D eigenvalue weighted by molar-refractivity contribution is 0.355. The molecule has 0 radical (unpaired) electrons. The average molecular weight is 293 g/mol. The summed E-state index contributed by atoms with van der Waals surface area (Å²) in [6, 6.07) is 7.51. The lowest BCUT2D eigenvalue weighted by atomic mass is 10.1. The molecule has 0 aliphatic rings. The maximum Gasteiger partial charge on any atom is 0.162 e. The lowest BCUT2D eigenvalue weighted by Crippen LogP contribution is -2.03. The Kier molecular flexibility index (Phi) is 4.62. The minimum atomic E-state index is -0.849. The molecule has 0 atom stereocenters. The summed E-state index contributed by atoms with van der Waals surface area (Å²) in [5.41, 5.74) is 2.47. The second kappa shape index (κ2) is 6.43. The van der Waals surface area contributed by atoms with Gasteiger partial charge in [0.15, 0.2) is 23.1 Å². The second-order valence-electron chi connectivity index (χ2n) is 4.62. The van der Waals surface area contributed by atoms with Crippen molar-refractivity contribution >= 4 is 5.69 Å². The van der Waals surface area contributed by atoms with Gasteiger partial charge in [-0.25, -0.2) is 8.78 Å². The van der Waals surface area contributed by atoms with E-state index >= 15 is 0 Å². The van der Waals surface area contributed by atoms with Gasteiger partial charge in [-0.2, -0.15) is 0 Å². The fraction of sp³-hybridized carbons (Fsp3) is 0.250. The average Bonchev–Trinajstić information content (AvgIpc) is 2.49. The number of ether oxygens (including phenoxy) is 2. The third-order valence-electron chi connectivity index (χ3n) is 3.20. The molecule has 0 aliphatic heterocycles. The van der Waals surface area contributed by atoms with E-state index in [1.807, 2.05) is 19.1 Å². The molecule has 3 nitrogen and oxygen atoms in total. The minimum absolute atomic E-state index is 0.382. The largest absolute Gasteiger partial charge is 0.493 e. The van der Waals surface area contributed by atoms with Crippen LogP contribution in [-0.2, 0) is 6.54 Å². The topological polar surface area (TPSA) is 30.5 Å². The zero-order valence-electron chi connectivity index (χ0n) is 12.2. The first-order valence-electron chi connectivity index (χ1n) is 6.45. The molecule has 5 heteroatoms. The van der Waals surface area contributed by atoms with Crippen LogP contribution >= 0.6 is 0 Å². The van der Waals surface area contributed by atoms with Crippen LogP contribution in [0.4, 0.5) is 14.5 Å². The molecule has 0 saturated heterocycles. The highest BCUT2D eigenvalue weighted by atomic mass is 19.2. The molecule has 2 aromatic rings. The molecule has 2 rings (SSSR count). The molecule has 0 spiro atoms. The van der Waals surface area contributed by atoms with E-state index in [1.165, 1.54) is 6.07 Å². The third-order valence-corrected chi connectivity index (χ3v) is 3.20. The highest BCUT2D eigenvalue weighted by Gasteiger charge is 2.09. The normalized spacial score (nSPS) is 10.3. The molecule has 1 N–H and O–H groups in total. The van der Waals surface area contributed by atoms with E-state index in [9.17, 15) is 8.78 Å². The van der Waals surface area contributed by atoms with Crippen LogP contribution in [0.3, 0.4) is 0 Å². The zero-order chi connectivity index (χ0) is 15.4. The number of rotatable bonds is 5. The summed E-state index contributed by atoms with van der Waals surface area (Å²) in [4.78, 5) is 0.